The number of piperidine rings is 1. The molecule has 2 aromatic rings. The molecule has 1 aromatic carbocycles. The number of hydrogen-bond donors (Lipinski definition) is 0. The predicted octanol–water partition coefficient (Wildman–Crippen LogP) is 4.04. The van der Waals surface area contributed by atoms with Crippen LogP contribution >= 0.6 is 23.1 Å². The highest BCUT2D eigenvalue weighted by Crippen LogP contribution is 2.32. The minimum absolute atomic E-state index is 0.0594. The number of likely N-dealkylation sites (tertiary alicyclic amines) is 1. The summed E-state index contributed by atoms with van der Waals surface area (Å²) in [5.74, 6) is 0.883. The molecule has 2 heterocycles. The number of hydrogen-bond acceptors (Lipinski definition) is 4. The van der Waals surface area contributed by atoms with Crippen LogP contribution in [0, 0.1) is 5.92 Å². The number of para-hydroxylation sites is 1. The van der Waals surface area contributed by atoms with E-state index < -0.39 is 0 Å². The van der Waals surface area contributed by atoms with Gasteiger partial charge >= 0.3 is 0 Å². The molecule has 0 saturated carbocycles. The summed E-state index contributed by atoms with van der Waals surface area (Å²) in [4.78, 5) is 19.2. The molecule has 1 saturated heterocycles. The van der Waals surface area contributed by atoms with Crippen molar-refractivity contribution in [3.8, 4) is 0 Å². The van der Waals surface area contributed by atoms with E-state index in [9.17, 15) is 4.79 Å². The molecule has 3 nitrogen and oxygen atoms in total. The smallest absolute Gasteiger partial charge is 0.235 e. The van der Waals surface area contributed by atoms with Gasteiger partial charge in [0.25, 0.3) is 0 Å². The maximum Gasteiger partial charge on any atom is 0.235 e. The fraction of sp³-hybridized carbons (Fsp3) is 0.500. The van der Waals surface area contributed by atoms with Crippen LogP contribution in [0.4, 0.5) is 0 Å². The first kappa shape index (κ1) is 14.9. The minimum Gasteiger partial charge on any atom is -0.341 e. The Hall–Kier alpha value is -1.07. The largest absolute Gasteiger partial charge is 0.341 e. The average Bonchev–Trinajstić information content (AvgIpc) is 2.88. The zero-order valence-corrected chi connectivity index (χ0v) is 14.0. The Morgan fingerprint density at radius 1 is 1.48 bits per heavy atom. The van der Waals surface area contributed by atoms with Gasteiger partial charge in [-0.3, -0.25) is 4.79 Å². The van der Waals surface area contributed by atoms with Crippen molar-refractivity contribution in [2.75, 3.05) is 13.1 Å². The Balaban J connectivity index is 1.67. The van der Waals surface area contributed by atoms with Gasteiger partial charge in [-0.25, -0.2) is 4.98 Å². The van der Waals surface area contributed by atoms with E-state index in [0.29, 0.717) is 5.92 Å². The molecule has 2 atom stereocenters. The van der Waals surface area contributed by atoms with Gasteiger partial charge in [0, 0.05) is 13.1 Å². The number of carbonyl (C=O) groups is 1. The molecule has 1 aromatic heterocycles. The van der Waals surface area contributed by atoms with Crippen molar-refractivity contribution in [3.05, 3.63) is 24.3 Å². The van der Waals surface area contributed by atoms with Gasteiger partial charge in [-0.1, -0.05) is 30.8 Å². The SMILES string of the molecule is CC1CCCN(C(=O)C(C)Sc2nc3ccccc3s2)C1. The molecule has 1 aliphatic heterocycles. The molecule has 0 bridgehead atoms. The second-order valence-corrected chi connectivity index (χ2v) is 8.36. The van der Waals surface area contributed by atoms with E-state index in [-0.39, 0.29) is 11.2 Å². The fourth-order valence-corrected chi connectivity index (χ4v) is 5.04. The molecule has 5 heteroatoms. The van der Waals surface area contributed by atoms with E-state index in [1.807, 2.05) is 30.0 Å². The molecular formula is C16H20N2OS2. The Kier molecular flexibility index (Phi) is 4.50. The second-order valence-electron chi connectivity index (χ2n) is 5.74. The lowest BCUT2D eigenvalue weighted by Gasteiger charge is -2.32. The summed E-state index contributed by atoms with van der Waals surface area (Å²) in [6.07, 6.45) is 2.37. The van der Waals surface area contributed by atoms with Gasteiger partial charge in [0.2, 0.25) is 5.91 Å². The van der Waals surface area contributed by atoms with Crippen LogP contribution in [0.3, 0.4) is 0 Å². The van der Waals surface area contributed by atoms with Crippen LogP contribution in [0.15, 0.2) is 28.6 Å². The van der Waals surface area contributed by atoms with E-state index in [0.717, 1.165) is 29.4 Å². The third-order valence-electron chi connectivity index (χ3n) is 3.87. The van der Waals surface area contributed by atoms with Crippen LogP contribution in [-0.4, -0.2) is 34.1 Å². The van der Waals surface area contributed by atoms with Crippen molar-refractivity contribution in [1.29, 1.82) is 0 Å². The quantitative estimate of drug-likeness (QED) is 0.800. The Labute approximate surface area is 133 Å². The summed E-state index contributed by atoms with van der Waals surface area (Å²) in [6, 6.07) is 8.13. The second kappa shape index (κ2) is 6.36. The maximum absolute atomic E-state index is 12.5. The van der Waals surface area contributed by atoms with E-state index in [4.69, 9.17) is 0 Å². The molecule has 2 unspecified atom stereocenters. The predicted molar refractivity (Wildman–Crippen MR) is 89.9 cm³/mol. The van der Waals surface area contributed by atoms with Gasteiger partial charge < -0.3 is 4.90 Å². The van der Waals surface area contributed by atoms with Crippen molar-refractivity contribution in [1.82, 2.24) is 9.88 Å². The van der Waals surface area contributed by atoms with Crippen LogP contribution in [0.25, 0.3) is 10.2 Å². The molecule has 3 rings (SSSR count). The van der Waals surface area contributed by atoms with Crippen LogP contribution in [-0.2, 0) is 4.79 Å². The number of fused-ring (bicyclic) bond motifs is 1. The Bertz CT molecular complexity index is 607. The number of aromatic nitrogens is 1. The van der Waals surface area contributed by atoms with Gasteiger partial charge in [-0.05, 0) is 37.8 Å². The van der Waals surface area contributed by atoms with Gasteiger partial charge in [-0.2, -0.15) is 0 Å². The molecule has 112 valence electrons. The monoisotopic (exact) mass is 320 g/mol. The number of amides is 1. The lowest BCUT2D eigenvalue weighted by Crippen LogP contribution is -2.42. The molecular weight excluding hydrogens is 300 g/mol. The van der Waals surface area contributed by atoms with Gasteiger partial charge in [-0.15, -0.1) is 11.3 Å². The zero-order valence-electron chi connectivity index (χ0n) is 12.4. The standard InChI is InChI=1S/C16H20N2OS2/c1-11-6-5-9-18(10-11)15(19)12(2)20-16-17-13-7-3-4-8-14(13)21-16/h3-4,7-8,11-12H,5-6,9-10H2,1-2H3. The maximum atomic E-state index is 12.5. The van der Waals surface area contributed by atoms with Crippen LogP contribution < -0.4 is 0 Å². The van der Waals surface area contributed by atoms with Gasteiger partial charge in [0.1, 0.15) is 0 Å². The highest BCUT2D eigenvalue weighted by atomic mass is 32.2. The summed E-state index contributed by atoms with van der Waals surface area (Å²) in [5.41, 5.74) is 1.02. The first-order valence-corrected chi connectivity index (χ1v) is 9.14. The summed E-state index contributed by atoms with van der Waals surface area (Å²) in [6.45, 7) is 6.04. The van der Waals surface area contributed by atoms with Crippen LogP contribution in [0.2, 0.25) is 0 Å². The highest BCUT2D eigenvalue weighted by molar-refractivity contribution is 8.02. The summed E-state index contributed by atoms with van der Waals surface area (Å²) < 4.78 is 2.17. The minimum atomic E-state index is -0.0594. The zero-order chi connectivity index (χ0) is 14.8. The average molecular weight is 320 g/mol. The van der Waals surface area contributed by atoms with Crippen LogP contribution in [0.1, 0.15) is 26.7 Å². The molecule has 0 N–H and O–H groups in total. The van der Waals surface area contributed by atoms with E-state index in [1.54, 1.807) is 23.1 Å². The highest BCUT2D eigenvalue weighted by Gasteiger charge is 2.26. The fourth-order valence-electron chi connectivity index (χ4n) is 2.75. The Morgan fingerprint density at radius 3 is 3.05 bits per heavy atom. The molecule has 1 fully saturated rings. The van der Waals surface area contributed by atoms with E-state index >= 15 is 0 Å². The van der Waals surface area contributed by atoms with Crippen molar-refractivity contribution < 1.29 is 4.79 Å². The topological polar surface area (TPSA) is 33.2 Å². The van der Waals surface area contributed by atoms with Gasteiger partial charge in [0.15, 0.2) is 4.34 Å². The van der Waals surface area contributed by atoms with Crippen molar-refractivity contribution >= 4 is 39.2 Å². The number of rotatable bonds is 3. The Morgan fingerprint density at radius 2 is 2.29 bits per heavy atom. The molecule has 0 radical (unpaired) electrons. The molecule has 1 amide bonds. The number of benzene rings is 1. The first-order valence-electron chi connectivity index (χ1n) is 7.44. The lowest BCUT2D eigenvalue weighted by molar-refractivity contribution is -0.131. The van der Waals surface area contributed by atoms with Crippen molar-refractivity contribution in [3.63, 3.8) is 0 Å². The molecule has 1 aliphatic rings. The van der Waals surface area contributed by atoms with Crippen LogP contribution in [0.5, 0.6) is 0 Å². The number of carbonyl (C=O) groups excluding carboxylic acids is 1. The van der Waals surface area contributed by atoms with Gasteiger partial charge in [0.05, 0.1) is 15.5 Å². The number of nitrogens with zero attached hydrogens (tertiary/aromatic N) is 2. The van der Waals surface area contributed by atoms with E-state index in [2.05, 4.69) is 18.0 Å². The first-order chi connectivity index (χ1) is 10.1. The molecule has 21 heavy (non-hydrogen) atoms. The van der Waals surface area contributed by atoms with Crippen molar-refractivity contribution in [2.45, 2.75) is 36.3 Å². The summed E-state index contributed by atoms with van der Waals surface area (Å²) >= 11 is 3.26. The number of thiazole rings is 1. The molecule has 0 spiro atoms. The third-order valence-corrected chi connectivity index (χ3v) is 6.09. The van der Waals surface area contributed by atoms with Crippen molar-refractivity contribution in [2.24, 2.45) is 5.92 Å². The third kappa shape index (κ3) is 3.40. The normalized spacial score (nSPS) is 20.7. The number of thioether (sulfide) groups is 1. The summed E-state index contributed by atoms with van der Waals surface area (Å²) in [5, 5.41) is -0.0594. The lowest BCUT2D eigenvalue weighted by atomic mass is 10.0. The van der Waals surface area contributed by atoms with E-state index in [1.165, 1.54) is 11.1 Å². The summed E-state index contributed by atoms with van der Waals surface area (Å²) in [7, 11) is 0. The molecule has 0 aliphatic carbocycles.